The van der Waals surface area contributed by atoms with Crippen molar-refractivity contribution in [1.29, 1.82) is 0 Å². The molecule has 2 aromatic carbocycles. The predicted octanol–water partition coefficient (Wildman–Crippen LogP) is 4.28. The second-order valence-corrected chi connectivity index (χ2v) is 11.1. The number of piperazine rings is 1. The van der Waals surface area contributed by atoms with Crippen molar-refractivity contribution in [1.82, 2.24) is 34.5 Å². The fourth-order valence-electron chi connectivity index (χ4n) is 6.33. The van der Waals surface area contributed by atoms with Crippen LogP contribution in [0.2, 0.25) is 0 Å². The number of anilines is 1. The number of likely N-dealkylation sites (N-methyl/N-ethyl adjacent to an activating group) is 1. The molecule has 3 N–H and O–H groups in total. The van der Waals surface area contributed by atoms with Crippen molar-refractivity contribution in [3.05, 3.63) is 78.9 Å². The first-order valence-electron chi connectivity index (χ1n) is 14.4. The van der Waals surface area contributed by atoms with Crippen molar-refractivity contribution in [3.8, 4) is 22.5 Å². The molecule has 2 aliphatic rings. The van der Waals surface area contributed by atoms with Crippen LogP contribution in [-0.4, -0.2) is 81.5 Å². The molecule has 1 aliphatic heterocycles. The summed E-state index contributed by atoms with van der Waals surface area (Å²) in [4.78, 5) is 19.9. The van der Waals surface area contributed by atoms with E-state index in [1.165, 1.54) is 0 Å². The molecule has 8 heteroatoms. The zero-order chi connectivity index (χ0) is 27.1. The number of imidazole rings is 1. The smallest absolute Gasteiger partial charge is 0.150 e. The number of nitrogens with zero attached hydrogens (tertiary/aromatic N) is 6. The Balaban J connectivity index is 1.16. The van der Waals surface area contributed by atoms with Crippen LogP contribution >= 0.6 is 0 Å². The molecule has 1 saturated carbocycles. The molecule has 1 saturated heterocycles. The summed E-state index contributed by atoms with van der Waals surface area (Å²) in [5.74, 6) is 2.02. The highest BCUT2D eigenvalue weighted by atomic mass is 15.3. The Hall–Kier alpha value is -3.85. The second-order valence-electron chi connectivity index (χ2n) is 11.1. The number of nitrogen functional groups attached to an aromatic ring is 1. The van der Waals surface area contributed by atoms with Gasteiger partial charge in [-0.25, -0.2) is 15.0 Å². The molecule has 204 valence electrons. The molecule has 2 fully saturated rings. The van der Waals surface area contributed by atoms with Crippen molar-refractivity contribution in [2.75, 3.05) is 52.0 Å². The van der Waals surface area contributed by atoms with Crippen LogP contribution in [0.5, 0.6) is 0 Å². The predicted molar refractivity (Wildman–Crippen MR) is 161 cm³/mol. The molecular formula is C32H36N8. The van der Waals surface area contributed by atoms with Crippen molar-refractivity contribution in [2.24, 2.45) is 0 Å². The number of rotatable bonds is 7. The molecule has 0 bridgehead atoms. The fourth-order valence-corrected chi connectivity index (χ4v) is 6.33. The average molecular weight is 533 g/mol. The highest BCUT2D eigenvalue weighted by Crippen LogP contribution is 2.42. The van der Waals surface area contributed by atoms with E-state index in [0.29, 0.717) is 17.8 Å². The van der Waals surface area contributed by atoms with E-state index >= 15 is 0 Å². The van der Waals surface area contributed by atoms with Gasteiger partial charge in [-0.1, -0.05) is 48.5 Å². The number of aromatic nitrogens is 4. The van der Waals surface area contributed by atoms with E-state index in [2.05, 4.69) is 67.0 Å². The van der Waals surface area contributed by atoms with Gasteiger partial charge in [0.15, 0.2) is 0 Å². The Morgan fingerprint density at radius 1 is 0.925 bits per heavy atom. The molecule has 4 heterocycles. The quantitative estimate of drug-likeness (QED) is 0.324. The van der Waals surface area contributed by atoms with Gasteiger partial charge in [-0.2, -0.15) is 0 Å². The van der Waals surface area contributed by atoms with Gasteiger partial charge in [-0.15, -0.1) is 0 Å². The monoisotopic (exact) mass is 532 g/mol. The summed E-state index contributed by atoms with van der Waals surface area (Å²) in [6, 6.07) is 21.5. The zero-order valence-corrected chi connectivity index (χ0v) is 23.0. The lowest BCUT2D eigenvalue weighted by Crippen LogP contribution is -2.54. The molecule has 1 aliphatic carbocycles. The van der Waals surface area contributed by atoms with Gasteiger partial charge in [0.2, 0.25) is 0 Å². The lowest BCUT2D eigenvalue weighted by Gasteiger charge is -2.46. The molecule has 0 radical (unpaired) electrons. The summed E-state index contributed by atoms with van der Waals surface area (Å²) in [5.41, 5.74) is 12.3. The number of fused-ring (bicyclic) bond motifs is 2. The van der Waals surface area contributed by atoms with Crippen LogP contribution in [0.15, 0.2) is 73.1 Å². The first kappa shape index (κ1) is 25.1. The molecule has 5 aromatic rings. The van der Waals surface area contributed by atoms with Crippen LogP contribution in [0.4, 0.5) is 5.82 Å². The van der Waals surface area contributed by atoms with Crippen molar-refractivity contribution < 1.29 is 0 Å². The SMILES string of the molecule is CNCCN1CCN([C@H]2C[C@@H](c3nc(-c4ccc5ccc(-c6ccccc6)nc5c4)c4c(N)nccn43)C2)CC1. The number of hydrogen-bond donors (Lipinski definition) is 2. The maximum atomic E-state index is 6.47. The molecule has 0 atom stereocenters. The van der Waals surface area contributed by atoms with Gasteiger partial charge in [0.25, 0.3) is 0 Å². The highest BCUT2D eigenvalue weighted by Gasteiger charge is 2.38. The van der Waals surface area contributed by atoms with E-state index in [1.54, 1.807) is 6.20 Å². The van der Waals surface area contributed by atoms with Crippen LogP contribution < -0.4 is 11.1 Å². The molecule has 0 spiro atoms. The van der Waals surface area contributed by atoms with Gasteiger partial charge in [0.05, 0.1) is 11.2 Å². The standard InChI is InChI=1S/C32H36N8/c1-34-11-13-38-15-17-39(18-16-38)26-19-25(20-26)32-37-29(30-31(33)35-12-14-40(30)32)24-8-7-23-9-10-27(36-28(23)21-24)22-5-3-2-4-6-22/h2-10,12,14,21,25-26,34H,11,13,15-20H2,1H3,(H2,33,35)/t25-,26+. The maximum absolute atomic E-state index is 6.47. The van der Waals surface area contributed by atoms with Gasteiger partial charge in [0, 0.05) is 80.1 Å². The topological polar surface area (TPSA) is 87.6 Å². The van der Waals surface area contributed by atoms with Crippen LogP contribution in [0.3, 0.4) is 0 Å². The summed E-state index contributed by atoms with van der Waals surface area (Å²) >= 11 is 0. The largest absolute Gasteiger partial charge is 0.382 e. The van der Waals surface area contributed by atoms with Crippen LogP contribution in [0.25, 0.3) is 38.9 Å². The Morgan fingerprint density at radius 3 is 2.52 bits per heavy atom. The molecule has 8 nitrogen and oxygen atoms in total. The summed E-state index contributed by atoms with van der Waals surface area (Å²) in [6.07, 6.45) is 6.07. The summed E-state index contributed by atoms with van der Waals surface area (Å²) in [5, 5.41) is 4.37. The third-order valence-electron chi connectivity index (χ3n) is 8.73. The number of pyridine rings is 1. The summed E-state index contributed by atoms with van der Waals surface area (Å²) in [6.45, 7) is 6.81. The highest BCUT2D eigenvalue weighted by molar-refractivity contribution is 5.91. The Morgan fingerprint density at radius 2 is 1.73 bits per heavy atom. The van der Waals surface area contributed by atoms with E-state index in [4.69, 9.17) is 15.7 Å². The van der Waals surface area contributed by atoms with Crippen LogP contribution in [0, 0.1) is 0 Å². The van der Waals surface area contributed by atoms with E-state index in [0.717, 1.165) is 96.9 Å². The minimum atomic E-state index is 0.415. The first-order valence-corrected chi connectivity index (χ1v) is 14.4. The van der Waals surface area contributed by atoms with E-state index in [1.807, 2.05) is 31.4 Å². The van der Waals surface area contributed by atoms with Gasteiger partial charge in [0.1, 0.15) is 22.9 Å². The van der Waals surface area contributed by atoms with Crippen LogP contribution in [-0.2, 0) is 0 Å². The second kappa shape index (κ2) is 10.6. The molecular weight excluding hydrogens is 496 g/mol. The molecule has 40 heavy (non-hydrogen) atoms. The fraction of sp³-hybridized carbons (Fsp3) is 0.344. The minimum absolute atomic E-state index is 0.415. The Labute approximate surface area is 234 Å². The van der Waals surface area contributed by atoms with Crippen LogP contribution in [0.1, 0.15) is 24.6 Å². The Bertz CT molecular complexity index is 1630. The number of nitrogens with two attached hydrogens (primary N) is 1. The number of hydrogen-bond acceptors (Lipinski definition) is 7. The summed E-state index contributed by atoms with van der Waals surface area (Å²) < 4.78 is 2.17. The van der Waals surface area contributed by atoms with Gasteiger partial charge in [-0.05, 0) is 32.0 Å². The minimum Gasteiger partial charge on any atom is -0.382 e. The lowest BCUT2D eigenvalue weighted by molar-refractivity contribution is 0.0504. The van der Waals surface area contributed by atoms with Gasteiger partial charge in [-0.3, -0.25) is 14.2 Å². The summed E-state index contributed by atoms with van der Waals surface area (Å²) in [7, 11) is 2.03. The Kier molecular flexibility index (Phi) is 6.67. The van der Waals surface area contributed by atoms with E-state index in [9.17, 15) is 0 Å². The number of nitrogens with one attached hydrogen (secondary N) is 1. The van der Waals surface area contributed by atoms with E-state index in [-0.39, 0.29) is 0 Å². The maximum Gasteiger partial charge on any atom is 0.150 e. The normalized spacial score (nSPS) is 20.2. The van der Waals surface area contributed by atoms with Gasteiger partial charge < -0.3 is 11.1 Å². The average Bonchev–Trinajstić information content (AvgIpc) is 3.36. The third kappa shape index (κ3) is 4.62. The van der Waals surface area contributed by atoms with Crippen molar-refractivity contribution >= 4 is 22.2 Å². The third-order valence-corrected chi connectivity index (χ3v) is 8.73. The van der Waals surface area contributed by atoms with Gasteiger partial charge >= 0.3 is 0 Å². The van der Waals surface area contributed by atoms with Crippen molar-refractivity contribution in [2.45, 2.75) is 24.8 Å². The first-order chi connectivity index (χ1) is 19.7. The lowest BCUT2D eigenvalue weighted by atomic mass is 9.78. The molecule has 7 rings (SSSR count). The van der Waals surface area contributed by atoms with E-state index < -0.39 is 0 Å². The molecule has 0 unspecified atom stereocenters. The molecule has 0 amide bonds. The van der Waals surface area contributed by atoms with Crippen molar-refractivity contribution in [3.63, 3.8) is 0 Å². The molecule has 3 aromatic heterocycles. The number of benzene rings is 2. The zero-order valence-electron chi connectivity index (χ0n) is 23.0.